The summed E-state index contributed by atoms with van der Waals surface area (Å²) in [4.78, 5) is 0. The summed E-state index contributed by atoms with van der Waals surface area (Å²) < 4.78 is 2.19. The van der Waals surface area contributed by atoms with Gasteiger partial charge >= 0.3 is 0 Å². The van der Waals surface area contributed by atoms with Crippen molar-refractivity contribution >= 4 is 11.6 Å². The number of rotatable bonds is 4. The zero-order chi connectivity index (χ0) is 12.3. The topological polar surface area (TPSA) is 30.7 Å². The van der Waals surface area contributed by atoms with Crippen molar-refractivity contribution in [2.24, 2.45) is 0 Å². The predicted octanol–water partition coefficient (Wildman–Crippen LogP) is 3.68. The lowest BCUT2D eigenvalue weighted by atomic mass is 10.00. The lowest BCUT2D eigenvalue weighted by molar-refractivity contribution is 0.359. The minimum absolute atomic E-state index is 0.00829. The van der Waals surface area contributed by atoms with Crippen LogP contribution in [0.25, 0.3) is 0 Å². The molecule has 4 heteroatoms. The summed E-state index contributed by atoms with van der Waals surface area (Å²) in [6, 6.07) is 0. The second kappa shape index (κ2) is 5.17. The molecule has 0 aliphatic carbocycles. The lowest BCUT2D eigenvalue weighted by Gasteiger charge is -2.27. The van der Waals surface area contributed by atoms with Crippen LogP contribution in [0.1, 0.15) is 65.0 Å². The van der Waals surface area contributed by atoms with Crippen molar-refractivity contribution in [3.8, 4) is 0 Å². The van der Waals surface area contributed by atoms with Gasteiger partial charge in [0.05, 0.1) is 5.88 Å². The summed E-state index contributed by atoms with van der Waals surface area (Å²) in [6.07, 6.45) is 2.18. The summed E-state index contributed by atoms with van der Waals surface area (Å²) in [5, 5.41) is 8.52. The molecule has 0 atom stereocenters. The molecule has 1 heterocycles. The molecule has 0 saturated heterocycles. The summed E-state index contributed by atoms with van der Waals surface area (Å²) in [7, 11) is 0. The fourth-order valence-electron chi connectivity index (χ4n) is 2.07. The fraction of sp³-hybridized carbons (Fsp3) is 0.833. The third-order valence-electron chi connectivity index (χ3n) is 2.90. The van der Waals surface area contributed by atoms with Gasteiger partial charge in [-0.25, -0.2) is 0 Å². The smallest absolute Gasteiger partial charge is 0.148 e. The van der Waals surface area contributed by atoms with Crippen molar-refractivity contribution in [3.05, 3.63) is 11.6 Å². The van der Waals surface area contributed by atoms with E-state index in [2.05, 4.69) is 49.4 Å². The number of hydrogen-bond acceptors (Lipinski definition) is 2. The first kappa shape index (κ1) is 13.5. The second-order valence-electron chi connectivity index (χ2n) is 5.13. The van der Waals surface area contributed by atoms with Crippen LogP contribution >= 0.6 is 11.6 Å². The van der Waals surface area contributed by atoms with Crippen LogP contribution in [0.4, 0.5) is 0 Å². The molecule has 0 unspecified atom stereocenters. The average molecular weight is 244 g/mol. The predicted molar refractivity (Wildman–Crippen MR) is 67.9 cm³/mol. The molecule has 1 aromatic heterocycles. The van der Waals surface area contributed by atoms with E-state index in [4.69, 9.17) is 11.6 Å². The summed E-state index contributed by atoms with van der Waals surface area (Å²) in [5.41, 5.74) is -0.00829. The number of halogens is 1. The minimum atomic E-state index is -0.00829. The quantitative estimate of drug-likeness (QED) is 0.756. The Balaban J connectivity index is 3.24. The highest BCUT2D eigenvalue weighted by Crippen LogP contribution is 2.28. The molecule has 92 valence electrons. The van der Waals surface area contributed by atoms with Crippen LogP contribution in [0.5, 0.6) is 0 Å². The Hall–Kier alpha value is -0.570. The van der Waals surface area contributed by atoms with Gasteiger partial charge < -0.3 is 4.57 Å². The van der Waals surface area contributed by atoms with Crippen LogP contribution in [0.15, 0.2) is 0 Å². The van der Waals surface area contributed by atoms with Gasteiger partial charge in [-0.15, -0.1) is 21.8 Å². The standard InChI is InChI=1S/C12H22ClN3/c1-6-9(7-2)11-15-14-10(8-13)16(11)12(3,4)5/h9H,6-8H2,1-5H3. The Bertz CT molecular complexity index is 335. The first-order valence-electron chi connectivity index (χ1n) is 5.96. The monoisotopic (exact) mass is 243 g/mol. The highest BCUT2D eigenvalue weighted by Gasteiger charge is 2.25. The molecular weight excluding hydrogens is 222 g/mol. The summed E-state index contributed by atoms with van der Waals surface area (Å²) in [6.45, 7) is 10.9. The van der Waals surface area contributed by atoms with Crippen LogP contribution in [-0.4, -0.2) is 14.8 Å². The van der Waals surface area contributed by atoms with Crippen LogP contribution in [0.3, 0.4) is 0 Å². The van der Waals surface area contributed by atoms with Crippen LogP contribution < -0.4 is 0 Å². The molecule has 0 aromatic carbocycles. The Morgan fingerprint density at radius 3 is 2.12 bits per heavy atom. The largest absolute Gasteiger partial charge is 0.308 e. The molecule has 0 aliphatic heterocycles. The van der Waals surface area contributed by atoms with E-state index in [0.29, 0.717) is 11.8 Å². The maximum Gasteiger partial charge on any atom is 0.148 e. The fourth-order valence-corrected chi connectivity index (χ4v) is 2.24. The van der Waals surface area contributed by atoms with E-state index < -0.39 is 0 Å². The Kier molecular flexibility index (Phi) is 4.36. The molecule has 0 fully saturated rings. The molecular formula is C12H22ClN3. The third-order valence-corrected chi connectivity index (χ3v) is 3.14. The van der Waals surface area contributed by atoms with E-state index in [1.165, 1.54) is 0 Å². The third kappa shape index (κ3) is 2.57. The van der Waals surface area contributed by atoms with Crippen LogP contribution in [0, 0.1) is 0 Å². The average Bonchev–Trinajstić information content (AvgIpc) is 2.63. The van der Waals surface area contributed by atoms with Gasteiger partial charge in [-0.2, -0.15) is 0 Å². The second-order valence-corrected chi connectivity index (χ2v) is 5.39. The van der Waals surface area contributed by atoms with E-state index in [1.54, 1.807) is 0 Å². The van der Waals surface area contributed by atoms with Gasteiger partial charge in [0, 0.05) is 11.5 Å². The molecule has 16 heavy (non-hydrogen) atoms. The molecule has 0 spiro atoms. The van der Waals surface area contributed by atoms with Crippen molar-refractivity contribution < 1.29 is 0 Å². The van der Waals surface area contributed by atoms with Gasteiger partial charge in [0.25, 0.3) is 0 Å². The van der Waals surface area contributed by atoms with Gasteiger partial charge in [0.1, 0.15) is 11.6 Å². The molecule has 0 aliphatic rings. The summed E-state index contributed by atoms with van der Waals surface area (Å²) >= 11 is 5.92. The number of aromatic nitrogens is 3. The molecule has 0 bridgehead atoms. The van der Waals surface area contributed by atoms with Gasteiger partial charge in [0.2, 0.25) is 0 Å². The van der Waals surface area contributed by atoms with Gasteiger partial charge in [0.15, 0.2) is 0 Å². The van der Waals surface area contributed by atoms with Gasteiger partial charge in [-0.1, -0.05) is 13.8 Å². The highest BCUT2D eigenvalue weighted by atomic mass is 35.5. The first-order chi connectivity index (χ1) is 7.45. The van der Waals surface area contributed by atoms with Crippen molar-refractivity contribution in [2.75, 3.05) is 0 Å². The zero-order valence-corrected chi connectivity index (χ0v) is 11.7. The van der Waals surface area contributed by atoms with Crippen molar-refractivity contribution in [1.29, 1.82) is 0 Å². The van der Waals surface area contributed by atoms with Crippen LogP contribution in [0.2, 0.25) is 0 Å². The Morgan fingerprint density at radius 1 is 1.19 bits per heavy atom. The summed E-state index contributed by atoms with van der Waals surface area (Å²) in [5.74, 6) is 2.85. The Labute approximate surface area is 103 Å². The number of alkyl halides is 1. The minimum Gasteiger partial charge on any atom is -0.308 e. The zero-order valence-electron chi connectivity index (χ0n) is 10.9. The maximum atomic E-state index is 5.92. The molecule has 3 nitrogen and oxygen atoms in total. The van der Waals surface area contributed by atoms with Crippen molar-refractivity contribution in [1.82, 2.24) is 14.8 Å². The molecule has 0 amide bonds. The van der Waals surface area contributed by atoms with E-state index >= 15 is 0 Å². The molecule has 1 rings (SSSR count). The first-order valence-corrected chi connectivity index (χ1v) is 6.49. The van der Waals surface area contributed by atoms with Crippen LogP contribution in [-0.2, 0) is 11.4 Å². The van der Waals surface area contributed by atoms with Crippen molar-refractivity contribution in [2.45, 2.75) is 64.8 Å². The van der Waals surface area contributed by atoms with Gasteiger partial charge in [-0.3, -0.25) is 0 Å². The number of nitrogens with zero attached hydrogens (tertiary/aromatic N) is 3. The molecule has 0 radical (unpaired) electrons. The molecule has 0 saturated carbocycles. The van der Waals surface area contributed by atoms with E-state index in [9.17, 15) is 0 Å². The molecule has 1 aromatic rings. The SMILES string of the molecule is CCC(CC)c1nnc(CCl)n1C(C)(C)C. The lowest BCUT2D eigenvalue weighted by Crippen LogP contribution is -2.27. The normalized spacial score (nSPS) is 12.4. The van der Waals surface area contributed by atoms with E-state index in [-0.39, 0.29) is 5.54 Å². The van der Waals surface area contributed by atoms with E-state index in [1.807, 2.05) is 0 Å². The van der Waals surface area contributed by atoms with E-state index in [0.717, 1.165) is 24.5 Å². The highest BCUT2D eigenvalue weighted by molar-refractivity contribution is 6.16. The maximum absolute atomic E-state index is 5.92. The Morgan fingerprint density at radius 2 is 1.75 bits per heavy atom. The van der Waals surface area contributed by atoms with Gasteiger partial charge in [-0.05, 0) is 33.6 Å². The number of hydrogen-bond donors (Lipinski definition) is 0. The molecule has 0 N–H and O–H groups in total. The van der Waals surface area contributed by atoms with Crippen molar-refractivity contribution in [3.63, 3.8) is 0 Å².